The lowest BCUT2D eigenvalue weighted by Crippen LogP contribution is -2.41. The summed E-state index contributed by atoms with van der Waals surface area (Å²) >= 11 is 0. The van der Waals surface area contributed by atoms with E-state index in [1.54, 1.807) is 43.3 Å². The van der Waals surface area contributed by atoms with E-state index in [4.69, 9.17) is 4.74 Å². The number of methoxy groups -OCH3 is 1. The molecule has 1 saturated heterocycles. The van der Waals surface area contributed by atoms with E-state index in [0.717, 1.165) is 12.5 Å². The van der Waals surface area contributed by atoms with Gasteiger partial charge in [0.2, 0.25) is 17.7 Å². The van der Waals surface area contributed by atoms with Gasteiger partial charge in [0, 0.05) is 57.8 Å². The van der Waals surface area contributed by atoms with Crippen molar-refractivity contribution in [1.82, 2.24) is 24.8 Å². The van der Waals surface area contributed by atoms with Crippen LogP contribution in [0.15, 0.2) is 55.3 Å². The summed E-state index contributed by atoms with van der Waals surface area (Å²) in [6.07, 6.45) is -2.23. The highest BCUT2D eigenvalue weighted by molar-refractivity contribution is 5.99. The third-order valence-electron chi connectivity index (χ3n) is 6.68. The van der Waals surface area contributed by atoms with Gasteiger partial charge in [-0.15, -0.1) is 0 Å². The number of rotatable bonds is 9. The minimum atomic E-state index is -4.74. The lowest BCUT2D eigenvalue weighted by molar-refractivity contribution is -0.137. The highest BCUT2D eigenvalue weighted by Crippen LogP contribution is 2.36. The topological polar surface area (TPSA) is 128 Å². The molecule has 3 heterocycles. The van der Waals surface area contributed by atoms with Gasteiger partial charge in [-0.2, -0.15) is 23.1 Å². The predicted octanol–water partition coefficient (Wildman–Crippen LogP) is 4.70. The summed E-state index contributed by atoms with van der Waals surface area (Å²) in [4.78, 5) is 41.7. The third-order valence-corrected chi connectivity index (χ3v) is 6.68. The van der Waals surface area contributed by atoms with E-state index in [9.17, 15) is 22.8 Å². The molecular weight excluding hydrogens is 567 g/mol. The van der Waals surface area contributed by atoms with Crippen molar-refractivity contribution in [2.24, 2.45) is 0 Å². The van der Waals surface area contributed by atoms with Crippen LogP contribution in [-0.2, 0) is 11.0 Å². The number of halogens is 3. The van der Waals surface area contributed by atoms with Gasteiger partial charge in [-0.05, 0) is 42.8 Å². The second-order valence-corrected chi connectivity index (χ2v) is 9.88. The number of benzene rings is 1. The summed E-state index contributed by atoms with van der Waals surface area (Å²) in [5.41, 5.74) is -0.151. The number of nitrogens with one attached hydrogen (secondary N) is 3. The number of carbonyl (C=O) groups excluding carboxylic acids is 2. The van der Waals surface area contributed by atoms with Gasteiger partial charge in [-0.3, -0.25) is 4.79 Å². The molecule has 0 aliphatic carbocycles. The zero-order chi connectivity index (χ0) is 31.3. The van der Waals surface area contributed by atoms with Crippen molar-refractivity contribution in [2.45, 2.75) is 18.6 Å². The Bertz CT molecular complexity index is 1500. The van der Waals surface area contributed by atoms with Gasteiger partial charge in [0.1, 0.15) is 22.9 Å². The highest BCUT2D eigenvalue weighted by Gasteiger charge is 2.35. The quantitative estimate of drug-likeness (QED) is 0.300. The standard InChI is InChI=1S/C28H32F3N9O3/c1-6-23(41)33-17-8-7-9-18(14-17)34-24-20(28(29,30)31)15-32-26(37-24)35-21-10-11-22(36-25(21)43-5)39(4)19-12-13-40(16-19)27(42)38(2)3/h6-11,14-15,19H,1,12-13,16H2,2-5H3,(H,33,41)(H2,32,34,35,37). The largest absolute Gasteiger partial charge is 0.479 e. The second-order valence-electron chi connectivity index (χ2n) is 9.88. The Morgan fingerprint density at radius 3 is 2.53 bits per heavy atom. The molecule has 1 fully saturated rings. The molecule has 4 rings (SSSR count). The van der Waals surface area contributed by atoms with Crippen molar-refractivity contribution < 1.29 is 27.5 Å². The summed E-state index contributed by atoms with van der Waals surface area (Å²) in [7, 11) is 6.71. The molecule has 0 radical (unpaired) electrons. The van der Waals surface area contributed by atoms with Crippen LogP contribution in [0.3, 0.4) is 0 Å². The van der Waals surface area contributed by atoms with Crippen LogP contribution in [-0.4, -0.2) is 84.1 Å². The predicted molar refractivity (Wildman–Crippen MR) is 157 cm³/mol. The molecule has 2 aromatic heterocycles. The van der Waals surface area contributed by atoms with E-state index in [1.807, 2.05) is 11.9 Å². The average molecular weight is 600 g/mol. The van der Waals surface area contributed by atoms with Crippen molar-refractivity contribution >= 4 is 46.6 Å². The number of pyridine rings is 1. The molecule has 12 nitrogen and oxygen atoms in total. The van der Waals surface area contributed by atoms with E-state index in [-0.39, 0.29) is 29.6 Å². The number of hydrogen-bond donors (Lipinski definition) is 3. The first-order valence-corrected chi connectivity index (χ1v) is 13.2. The van der Waals surface area contributed by atoms with Crippen LogP contribution in [0.4, 0.5) is 52.6 Å². The molecule has 0 spiro atoms. The van der Waals surface area contributed by atoms with Gasteiger partial charge in [0.05, 0.1) is 7.11 Å². The molecule has 3 N–H and O–H groups in total. The lowest BCUT2D eigenvalue weighted by Gasteiger charge is -2.27. The molecule has 15 heteroatoms. The molecule has 3 aromatic rings. The first-order chi connectivity index (χ1) is 20.4. The first kappa shape index (κ1) is 30.9. The summed E-state index contributed by atoms with van der Waals surface area (Å²) < 4.78 is 46.9. The molecule has 1 aliphatic heterocycles. The van der Waals surface area contributed by atoms with E-state index in [2.05, 4.69) is 37.5 Å². The van der Waals surface area contributed by atoms with Crippen molar-refractivity contribution in [3.63, 3.8) is 0 Å². The number of carbonyl (C=O) groups is 2. The molecule has 0 saturated carbocycles. The van der Waals surface area contributed by atoms with Crippen LogP contribution < -0.4 is 25.6 Å². The Labute approximate surface area is 246 Å². The molecule has 43 heavy (non-hydrogen) atoms. The van der Waals surface area contributed by atoms with Crippen molar-refractivity contribution in [3.8, 4) is 5.88 Å². The fourth-order valence-corrected chi connectivity index (χ4v) is 4.45. The van der Waals surface area contributed by atoms with Crippen LogP contribution in [0, 0.1) is 0 Å². The van der Waals surface area contributed by atoms with E-state index in [1.165, 1.54) is 24.1 Å². The van der Waals surface area contributed by atoms with Crippen LogP contribution in [0.1, 0.15) is 12.0 Å². The zero-order valence-electron chi connectivity index (χ0n) is 24.1. The SMILES string of the molecule is C=CC(=O)Nc1cccc(Nc2nc(Nc3ccc(N(C)C4CCN(C(=O)N(C)C)C4)nc3OC)ncc2C(F)(F)F)c1. The lowest BCUT2D eigenvalue weighted by atomic mass is 10.2. The fraction of sp³-hybridized carbons (Fsp3) is 0.321. The first-order valence-electron chi connectivity index (χ1n) is 13.2. The number of nitrogens with zero attached hydrogens (tertiary/aromatic N) is 6. The van der Waals surface area contributed by atoms with Crippen LogP contribution in [0.5, 0.6) is 5.88 Å². The van der Waals surface area contributed by atoms with E-state index < -0.39 is 23.5 Å². The van der Waals surface area contributed by atoms with Gasteiger partial charge in [-0.25, -0.2) is 9.78 Å². The van der Waals surface area contributed by atoms with Gasteiger partial charge >= 0.3 is 12.2 Å². The van der Waals surface area contributed by atoms with Crippen LogP contribution >= 0.6 is 0 Å². The summed E-state index contributed by atoms with van der Waals surface area (Å²) in [6, 6.07) is 9.50. The number of likely N-dealkylation sites (tertiary alicyclic amines) is 1. The number of aromatic nitrogens is 3. The highest BCUT2D eigenvalue weighted by atomic mass is 19.4. The Balaban J connectivity index is 1.55. The maximum absolute atomic E-state index is 13.8. The number of likely N-dealkylation sites (N-methyl/N-ethyl adjacent to an activating group) is 1. The Kier molecular flexibility index (Phi) is 9.21. The maximum atomic E-state index is 13.8. The van der Waals surface area contributed by atoms with Gasteiger partial charge in [0.15, 0.2) is 0 Å². The van der Waals surface area contributed by atoms with E-state index in [0.29, 0.717) is 36.5 Å². The number of anilines is 6. The normalized spacial score (nSPS) is 14.6. The average Bonchev–Trinajstić information content (AvgIpc) is 3.46. The molecule has 1 aromatic carbocycles. The third kappa shape index (κ3) is 7.42. The number of alkyl halides is 3. The molecule has 1 atom stereocenters. The maximum Gasteiger partial charge on any atom is 0.421 e. The Hall–Kier alpha value is -5.08. The molecule has 3 amide bonds. The van der Waals surface area contributed by atoms with Crippen LogP contribution in [0.25, 0.3) is 0 Å². The van der Waals surface area contributed by atoms with Crippen molar-refractivity contribution in [2.75, 3.05) is 62.2 Å². The fourth-order valence-electron chi connectivity index (χ4n) is 4.45. The number of ether oxygens (including phenoxy) is 1. The molecule has 228 valence electrons. The molecule has 1 aliphatic rings. The molecule has 1 unspecified atom stereocenters. The minimum absolute atomic E-state index is 0.0374. The van der Waals surface area contributed by atoms with Crippen molar-refractivity contribution in [1.29, 1.82) is 0 Å². The summed E-state index contributed by atoms with van der Waals surface area (Å²) in [6.45, 7) is 4.54. The Morgan fingerprint density at radius 2 is 1.86 bits per heavy atom. The summed E-state index contributed by atoms with van der Waals surface area (Å²) in [5.74, 6) is -0.344. The monoisotopic (exact) mass is 599 g/mol. The smallest absolute Gasteiger partial charge is 0.421 e. The molecule has 0 bridgehead atoms. The second kappa shape index (κ2) is 12.8. The van der Waals surface area contributed by atoms with Crippen molar-refractivity contribution in [3.05, 3.63) is 60.8 Å². The van der Waals surface area contributed by atoms with Gasteiger partial charge in [-0.1, -0.05) is 12.6 Å². The number of urea groups is 1. The van der Waals surface area contributed by atoms with Crippen LogP contribution in [0.2, 0.25) is 0 Å². The summed E-state index contributed by atoms with van der Waals surface area (Å²) in [5, 5.41) is 8.10. The van der Waals surface area contributed by atoms with E-state index >= 15 is 0 Å². The Morgan fingerprint density at radius 1 is 1.12 bits per heavy atom. The zero-order valence-corrected chi connectivity index (χ0v) is 24.1. The number of amides is 3. The molecular formula is C28H32F3N9O3. The number of hydrogen-bond acceptors (Lipinski definition) is 9. The minimum Gasteiger partial charge on any atom is -0.479 e. The van der Waals surface area contributed by atoms with Gasteiger partial charge < -0.3 is 35.4 Å². The van der Waals surface area contributed by atoms with Gasteiger partial charge in [0.25, 0.3) is 0 Å².